The van der Waals surface area contributed by atoms with E-state index in [1.54, 1.807) is 6.08 Å². The van der Waals surface area contributed by atoms with Gasteiger partial charge in [0.15, 0.2) is 0 Å². The SMILES string of the molecule is CCOc1ccc(OCCNC(=O)/C=C/c2ccccc2)cc1. The van der Waals surface area contributed by atoms with Gasteiger partial charge in [-0.25, -0.2) is 0 Å². The summed E-state index contributed by atoms with van der Waals surface area (Å²) in [6.45, 7) is 3.45. The molecule has 1 N–H and O–H groups in total. The van der Waals surface area contributed by atoms with Crippen molar-refractivity contribution in [2.45, 2.75) is 6.92 Å². The van der Waals surface area contributed by atoms with Gasteiger partial charge in [0.1, 0.15) is 18.1 Å². The minimum Gasteiger partial charge on any atom is -0.494 e. The van der Waals surface area contributed by atoms with E-state index in [1.165, 1.54) is 6.08 Å². The Balaban J connectivity index is 1.66. The standard InChI is InChI=1S/C19H21NO3/c1-2-22-17-9-11-18(12-10-17)23-15-14-20-19(21)13-8-16-6-4-3-5-7-16/h3-13H,2,14-15H2,1H3,(H,20,21)/b13-8+. The number of ether oxygens (including phenoxy) is 2. The highest BCUT2D eigenvalue weighted by Gasteiger charge is 1.98. The van der Waals surface area contributed by atoms with Crippen LogP contribution in [0.3, 0.4) is 0 Å². The molecule has 2 rings (SSSR count). The van der Waals surface area contributed by atoms with Crippen LogP contribution in [0.2, 0.25) is 0 Å². The van der Waals surface area contributed by atoms with Crippen LogP contribution in [0.5, 0.6) is 11.5 Å². The number of hydrogen-bond acceptors (Lipinski definition) is 3. The van der Waals surface area contributed by atoms with Crippen molar-refractivity contribution in [2.75, 3.05) is 19.8 Å². The number of benzene rings is 2. The third-order valence-electron chi connectivity index (χ3n) is 3.03. The highest BCUT2D eigenvalue weighted by atomic mass is 16.5. The predicted octanol–water partition coefficient (Wildman–Crippen LogP) is 3.29. The van der Waals surface area contributed by atoms with Crippen molar-refractivity contribution in [3.8, 4) is 11.5 Å². The topological polar surface area (TPSA) is 47.6 Å². The minimum atomic E-state index is -0.135. The van der Waals surface area contributed by atoms with Crippen LogP contribution in [0.15, 0.2) is 60.7 Å². The van der Waals surface area contributed by atoms with Crippen LogP contribution in [0.25, 0.3) is 6.08 Å². The Morgan fingerprint density at radius 2 is 1.65 bits per heavy atom. The second-order valence-corrected chi connectivity index (χ2v) is 4.79. The number of rotatable bonds is 8. The molecule has 0 unspecified atom stereocenters. The molecule has 0 aliphatic heterocycles. The average Bonchev–Trinajstić information content (AvgIpc) is 2.59. The van der Waals surface area contributed by atoms with Gasteiger partial charge in [-0.15, -0.1) is 0 Å². The Morgan fingerprint density at radius 3 is 2.30 bits per heavy atom. The molecule has 0 saturated carbocycles. The largest absolute Gasteiger partial charge is 0.494 e. The quantitative estimate of drug-likeness (QED) is 0.601. The maximum absolute atomic E-state index is 11.7. The molecular weight excluding hydrogens is 290 g/mol. The van der Waals surface area contributed by atoms with Crippen molar-refractivity contribution in [3.05, 3.63) is 66.2 Å². The van der Waals surface area contributed by atoms with Crippen molar-refractivity contribution in [1.82, 2.24) is 5.32 Å². The van der Waals surface area contributed by atoms with E-state index < -0.39 is 0 Å². The third-order valence-corrected chi connectivity index (χ3v) is 3.03. The van der Waals surface area contributed by atoms with Crippen LogP contribution in [0.1, 0.15) is 12.5 Å². The van der Waals surface area contributed by atoms with Gasteiger partial charge in [0, 0.05) is 6.08 Å². The van der Waals surface area contributed by atoms with Crippen LogP contribution >= 0.6 is 0 Å². The van der Waals surface area contributed by atoms with E-state index in [9.17, 15) is 4.79 Å². The van der Waals surface area contributed by atoms with Crippen molar-refractivity contribution in [1.29, 1.82) is 0 Å². The Bertz CT molecular complexity index is 621. The molecule has 4 nitrogen and oxygen atoms in total. The monoisotopic (exact) mass is 311 g/mol. The van der Waals surface area contributed by atoms with E-state index in [2.05, 4.69) is 5.32 Å². The van der Waals surface area contributed by atoms with Gasteiger partial charge in [0.2, 0.25) is 5.91 Å². The first-order valence-electron chi connectivity index (χ1n) is 7.64. The van der Waals surface area contributed by atoms with Crippen LogP contribution in [0.4, 0.5) is 0 Å². The zero-order chi connectivity index (χ0) is 16.3. The first-order chi connectivity index (χ1) is 11.3. The van der Waals surface area contributed by atoms with E-state index in [1.807, 2.05) is 61.5 Å². The summed E-state index contributed by atoms with van der Waals surface area (Å²) < 4.78 is 10.9. The van der Waals surface area contributed by atoms with E-state index in [0.29, 0.717) is 19.8 Å². The maximum atomic E-state index is 11.7. The molecule has 4 heteroatoms. The van der Waals surface area contributed by atoms with E-state index in [-0.39, 0.29) is 5.91 Å². The van der Waals surface area contributed by atoms with Crippen molar-refractivity contribution < 1.29 is 14.3 Å². The van der Waals surface area contributed by atoms with Gasteiger partial charge < -0.3 is 14.8 Å². The Labute approximate surface area is 136 Å². The van der Waals surface area contributed by atoms with Crippen molar-refractivity contribution in [3.63, 3.8) is 0 Å². The first kappa shape index (κ1) is 16.6. The molecule has 0 fully saturated rings. The van der Waals surface area contributed by atoms with Crippen LogP contribution in [0, 0.1) is 0 Å². The summed E-state index contributed by atoms with van der Waals surface area (Å²) in [5.74, 6) is 1.44. The molecular formula is C19H21NO3. The number of amides is 1. The number of carbonyl (C=O) groups is 1. The minimum absolute atomic E-state index is 0.135. The van der Waals surface area contributed by atoms with Crippen molar-refractivity contribution in [2.24, 2.45) is 0 Å². The van der Waals surface area contributed by atoms with E-state index in [0.717, 1.165) is 17.1 Å². The Hall–Kier alpha value is -2.75. The average molecular weight is 311 g/mol. The van der Waals surface area contributed by atoms with Crippen LogP contribution in [-0.2, 0) is 4.79 Å². The maximum Gasteiger partial charge on any atom is 0.244 e. The summed E-state index contributed by atoms with van der Waals surface area (Å²) in [7, 11) is 0. The van der Waals surface area contributed by atoms with Gasteiger partial charge in [-0.3, -0.25) is 4.79 Å². The summed E-state index contributed by atoms with van der Waals surface area (Å²) in [6.07, 6.45) is 3.30. The van der Waals surface area contributed by atoms with Gasteiger partial charge in [-0.2, -0.15) is 0 Å². The highest BCUT2D eigenvalue weighted by Crippen LogP contribution is 2.17. The summed E-state index contributed by atoms with van der Waals surface area (Å²) in [5.41, 5.74) is 0.994. The summed E-state index contributed by atoms with van der Waals surface area (Å²) >= 11 is 0. The lowest BCUT2D eigenvalue weighted by Crippen LogP contribution is -2.26. The lowest BCUT2D eigenvalue weighted by molar-refractivity contribution is -0.116. The molecule has 1 amide bonds. The van der Waals surface area contributed by atoms with Crippen LogP contribution < -0.4 is 14.8 Å². The molecule has 23 heavy (non-hydrogen) atoms. The summed E-state index contributed by atoms with van der Waals surface area (Å²) in [6, 6.07) is 17.1. The third kappa shape index (κ3) is 6.26. The lowest BCUT2D eigenvalue weighted by Gasteiger charge is -2.08. The molecule has 0 bridgehead atoms. The fraction of sp³-hybridized carbons (Fsp3) is 0.211. The Kier molecular flexibility index (Phi) is 6.72. The Morgan fingerprint density at radius 1 is 1.00 bits per heavy atom. The first-order valence-corrected chi connectivity index (χ1v) is 7.64. The van der Waals surface area contributed by atoms with Gasteiger partial charge in [0.05, 0.1) is 13.2 Å². The fourth-order valence-corrected chi connectivity index (χ4v) is 1.94. The smallest absolute Gasteiger partial charge is 0.244 e. The van der Waals surface area contributed by atoms with E-state index in [4.69, 9.17) is 9.47 Å². The highest BCUT2D eigenvalue weighted by molar-refractivity contribution is 5.91. The molecule has 2 aromatic rings. The molecule has 120 valence electrons. The molecule has 2 aromatic carbocycles. The second-order valence-electron chi connectivity index (χ2n) is 4.79. The van der Waals surface area contributed by atoms with Gasteiger partial charge >= 0.3 is 0 Å². The van der Waals surface area contributed by atoms with E-state index >= 15 is 0 Å². The van der Waals surface area contributed by atoms with Crippen molar-refractivity contribution >= 4 is 12.0 Å². The zero-order valence-electron chi connectivity index (χ0n) is 13.2. The molecule has 0 spiro atoms. The normalized spacial score (nSPS) is 10.5. The molecule has 0 radical (unpaired) electrons. The number of carbonyl (C=O) groups excluding carboxylic acids is 1. The van der Waals surface area contributed by atoms with Gasteiger partial charge in [0.25, 0.3) is 0 Å². The molecule has 0 heterocycles. The second kappa shape index (κ2) is 9.30. The zero-order valence-corrected chi connectivity index (χ0v) is 13.2. The molecule has 0 atom stereocenters. The van der Waals surface area contributed by atoms with Gasteiger partial charge in [-0.05, 0) is 42.8 Å². The molecule has 0 saturated heterocycles. The molecule has 0 aliphatic rings. The number of nitrogens with one attached hydrogen (secondary N) is 1. The fourth-order valence-electron chi connectivity index (χ4n) is 1.94. The van der Waals surface area contributed by atoms with Crippen LogP contribution in [-0.4, -0.2) is 25.7 Å². The predicted molar refractivity (Wildman–Crippen MR) is 91.6 cm³/mol. The summed E-state index contributed by atoms with van der Waals surface area (Å²) in [4.78, 5) is 11.7. The summed E-state index contributed by atoms with van der Waals surface area (Å²) in [5, 5.41) is 2.78. The molecule has 0 aliphatic carbocycles. The van der Waals surface area contributed by atoms with Gasteiger partial charge in [-0.1, -0.05) is 30.3 Å². The number of hydrogen-bond donors (Lipinski definition) is 1. The molecule has 0 aromatic heterocycles. The lowest BCUT2D eigenvalue weighted by atomic mass is 10.2.